The van der Waals surface area contributed by atoms with Crippen LogP contribution in [0.25, 0.3) is 0 Å². The lowest BCUT2D eigenvalue weighted by Gasteiger charge is -2.08. The molecule has 1 fully saturated rings. The Bertz CT molecular complexity index is 824. The average Bonchev–Trinajstić information content (AvgIpc) is 3.22. The van der Waals surface area contributed by atoms with Gasteiger partial charge in [0.2, 0.25) is 10.0 Å². The fourth-order valence-electron chi connectivity index (χ4n) is 2.16. The zero-order valence-corrected chi connectivity index (χ0v) is 14.7. The minimum absolute atomic E-state index is 0.00473. The van der Waals surface area contributed by atoms with Crippen LogP contribution >= 0.6 is 11.3 Å². The van der Waals surface area contributed by atoms with Crippen molar-refractivity contribution in [2.45, 2.75) is 30.3 Å². The molecule has 128 valence electrons. The van der Waals surface area contributed by atoms with E-state index in [0.717, 1.165) is 35.5 Å². The Balaban J connectivity index is 1.68. The molecule has 8 heteroatoms. The molecule has 1 aliphatic rings. The van der Waals surface area contributed by atoms with Gasteiger partial charge in [0.15, 0.2) is 0 Å². The van der Waals surface area contributed by atoms with E-state index in [4.69, 9.17) is 4.74 Å². The Morgan fingerprint density at radius 3 is 2.58 bits per heavy atom. The fraction of sp³-hybridized carbons (Fsp3) is 0.312. The topological polar surface area (TPSA) is 84.5 Å². The van der Waals surface area contributed by atoms with Crippen LogP contribution in [0.3, 0.4) is 0 Å². The second kappa shape index (κ2) is 6.92. The van der Waals surface area contributed by atoms with Crippen LogP contribution in [0.1, 0.15) is 28.1 Å². The van der Waals surface area contributed by atoms with Crippen LogP contribution in [0.15, 0.2) is 40.6 Å². The number of benzene rings is 1. The molecule has 0 radical (unpaired) electrons. The lowest BCUT2D eigenvalue weighted by Crippen LogP contribution is -2.29. The quantitative estimate of drug-likeness (QED) is 0.786. The van der Waals surface area contributed by atoms with Crippen LogP contribution in [-0.4, -0.2) is 27.5 Å². The van der Waals surface area contributed by atoms with Gasteiger partial charge < -0.3 is 10.1 Å². The van der Waals surface area contributed by atoms with Crippen LogP contribution < -0.4 is 14.8 Å². The van der Waals surface area contributed by atoms with Crippen LogP contribution in [-0.2, 0) is 16.6 Å². The average molecular weight is 366 g/mol. The third-order valence-corrected chi connectivity index (χ3v) is 6.24. The van der Waals surface area contributed by atoms with Crippen LogP contribution in [0.2, 0.25) is 0 Å². The van der Waals surface area contributed by atoms with Gasteiger partial charge in [-0.25, -0.2) is 13.1 Å². The third kappa shape index (κ3) is 3.95. The smallest absolute Gasteiger partial charge is 0.263 e. The van der Waals surface area contributed by atoms with Crippen molar-refractivity contribution in [3.63, 3.8) is 0 Å². The molecule has 1 amide bonds. The van der Waals surface area contributed by atoms with E-state index in [1.54, 1.807) is 12.5 Å². The molecule has 1 aliphatic carbocycles. The molecule has 0 aliphatic heterocycles. The van der Waals surface area contributed by atoms with E-state index >= 15 is 0 Å². The maximum atomic E-state index is 12.4. The predicted molar refractivity (Wildman–Crippen MR) is 91.8 cm³/mol. The molecule has 24 heavy (non-hydrogen) atoms. The molecular weight excluding hydrogens is 348 g/mol. The van der Waals surface area contributed by atoms with Crippen molar-refractivity contribution < 1.29 is 17.9 Å². The van der Waals surface area contributed by atoms with E-state index in [0.29, 0.717) is 6.54 Å². The summed E-state index contributed by atoms with van der Waals surface area (Å²) in [6, 6.07) is 8.78. The monoisotopic (exact) mass is 366 g/mol. The van der Waals surface area contributed by atoms with E-state index in [1.807, 2.05) is 24.3 Å². The van der Waals surface area contributed by atoms with Crippen molar-refractivity contribution >= 4 is 27.3 Å². The normalized spacial score (nSPS) is 14.4. The number of methoxy groups -OCH3 is 1. The summed E-state index contributed by atoms with van der Waals surface area (Å²) in [7, 11) is -2.05. The second-order valence-corrected chi connectivity index (χ2v) is 8.14. The molecule has 0 spiro atoms. The fourth-order valence-corrected chi connectivity index (χ4v) is 4.81. The van der Waals surface area contributed by atoms with Gasteiger partial charge in [0.25, 0.3) is 5.91 Å². The number of ether oxygens (including phenoxy) is 1. The van der Waals surface area contributed by atoms with Gasteiger partial charge >= 0.3 is 0 Å². The maximum Gasteiger partial charge on any atom is 0.263 e. The molecular formula is C16H18N2O4S2. The highest BCUT2D eigenvalue weighted by Crippen LogP contribution is 2.26. The van der Waals surface area contributed by atoms with Crippen molar-refractivity contribution in [2.75, 3.05) is 7.11 Å². The van der Waals surface area contributed by atoms with E-state index in [1.165, 1.54) is 6.07 Å². The summed E-state index contributed by atoms with van der Waals surface area (Å²) in [5.74, 6) is 0.347. The van der Waals surface area contributed by atoms with Crippen molar-refractivity contribution in [2.24, 2.45) is 0 Å². The first-order chi connectivity index (χ1) is 11.5. The summed E-state index contributed by atoms with van der Waals surface area (Å²) in [4.78, 5) is 12.6. The van der Waals surface area contributed by atoms with Crippen molar-refractivity contribution in [1.82, 2.24) is 10.0 Å². The Hall–Kier alpha value is -1.90. The number of nitrogens with one attached hydrogen (secondary N) is 2. The molecule has 1 saturated carbocycles. The molecule has 0 saturated heterocycles. The van der Waals surface area contributed by atoms with Gasteiger partial charge in [0.05, 0.1) is 7.11 Å². The zero-order valence-electron chi connectivity index (χ0n) is 13.1. The largest absolute Gasteiger partial charge is 0.497 e. The van der Waals surface area contributed by atoms with Crippen molar-refractivity contribution in [3.8, 4) is 5.75 Å². The van der Waals surface area contributed by atoms with Gasteiger partial charge in [-0.15, -0.1) is 11.3 Å². The number of hydrogen-bond acceptors (Lipinski definition) is 5. The maximum absolute atomic E-state index is 12.4. The Morgan fingerprint density at radius 1 is 1.25 bits per heavy atom. The van der Waals surface area contributed by atoms with Gasteiger partial charge in [0, 0.05) is 12.6 Å². The van der Waals surface area contributed by atoms with Gasteiger partial charge in [-0.2, -0.15) is 0 Å². The number of carbonyl (C=O) groups excluding carboxylic acids is 1. The Labute approximate surface area is 144 Å². The molecule has 2 N–H and O–H groups in total. The highest BCUT2D eigenvalue weighted by Gasteiger charge is 2.31. The molecule has 1 aromatic heterocycles. The van der Waals surface area contributed by atoms with Crippen LogP contribution in [0.5, 0.6) is 5.75 Å². The van der Waals surface area contributed by atoms with Crippen LogP contribution in [0, 0.1) is 0 Å². The van der Waals surface area contributed by atoms with E-state index in [9.17, 15) is 13.2 Å². The van der Waals surface area contributed by atoms with E-state index < -0.39 is 15.9 Å². The number of rotatable bonds is 7. The number of amides is 1. The lowest BCUT2D eigenvalue weighted by molar-refractivity contribution is 0.0952. The SMILES string of the molecule is COc1ccc(CNC(=O)c2sccc2S(=O)(=O)NC2CC2)cc1. The molecule has 0 atom stereocenters. The Morgan fingerprint density at radius 2 is 1.96 bits per heavy atom. The second-order valence-electron chi connectivity index (χ2n) is 5.54. The van der Waals surface area contributed by atoms with Crippen molar-refractivity contribution in [1.29, 1.82) is 0 Å². The highest BCUT2D eigenvalue weighted by molar-refractivity contribution is 7.89. The molecule has 0 unspecified atom stereocenters. The summed E-state index contributed by atoms with van der Waals surface area (Å²) in [6.45, 7) is 0.316. The molecule has 1 aromatic carbocycles. The lowest BCUT2D eigenvalue weighted by atomic mass is 10.2. The van der Waals surface area contributed by atoms with Crippen LogP contribution in [0.4, 0.5) is 0 Å². The van der Waals surface area contributed by atoms with E-state index in [-0.39, 0.29) is 15.8 Å². The predicted octanol–water partition coefficient (Wildman–Crippen LogP) is 2.13. The molecule has 0 bridgehead atoms. The van der Waals surface area contributed by atoms with Gasteiger partial charge in [-0.05, 0) is 42.0 Å². The number of sulfonamides is 1. The summed E-state index contributed by atoms with van der Waals surface area (Å²) >= 11 is 1.12. The van der Waals surface area contributed by atoms with Gasteiger partial charge in [-0.3, -0.25) is 4.79 Å². The Kier molecular flexibility index (Phi) is 4.88. The van der Waals surface area contributed by atoms with Gasteiger partial charge in [0.1, 0.15) is 15.5 Å². The van der Waals surface area contributed by atoms with Gasteiger partial charge in [-0.1, -0.05) is 12.1 Å². The standard InChI is InChI=1S/C16H18N2O4S2/c1-22-13-6-2-11(3-7-13)10-17-16(19)15-14(8-9-23-15)24(20,21)18-12-4-5-12/h2-3,6-9,12,18H,4-5,10H2,1H3,(H,17,19). The molecule has 1 heterocycles. The minimum Gasteiger partial charge on any atom is -0.497 e. The first kappa shape index (κ1) is 16.9. The molecule has 2 aromatic rings. The minimum atomic E-state index is -3.64. The number of hydrogen-bond donors (Lipinski definition) is 2. The summed E-state index contributed by atoms with van der Waals surface area (Å²) < 4.78 is 32.3. The van der Waals surface area contributed by atoms with E-state index in [2.05, 4.69) is 10.0 Å². The summed E-state index contributed by atoms with van der Waals surface area (Å²) in [5.41, 5.74) is 0.904. The first-order valence-corrected chi connectivity index (χ1v) is 9.87. The highest BCUT2D eigenvalue weighted by atomic mass is 32.2. The summed E-state index contributed by atoms with van der Waals surface area (Å²) in [6.07, 6.45) is 1.70. The zero-order chi connectivity index (χ0) is 17.2. The summed E-state index contributed by atoms with van der Waals surface area (Å²) in [5, 5.41) is 4.37. The molecule has 3 rings (SSSR count). The third-order valence-electron chi connectivity index (χ3n) is 3.64. The molecule has 6 nitrogen and oxygen atoms in total. The van der Waals surface area contributed by atoms with Crippen molar-refractivity contribution in [3.05, 3.63) is 46.2 Å². The number of thiophene rings is 1. The first-order valence-electron chi connectivity index (χ1n) is 7.50. The number of carbonyl (C=O) groups is 1.